The van der Waals surface area contributed by atoms with Crippen LogP contribution in [0, 0.1) is 17.1 Å². The number of nitriles is 1. The maximum atomic E-state index is 14.0. The van der Waals surface area contributed by atoms with Crippen LogP contribution in [0.2, 0.25) is 0 Å². The number of benzene rings is 1. The molecule has 0 saturated heterocycles. The molecular formula is C16H15FN6O5S. The largest absolute Gasteiger partial charge is 0.379 e. The Bertz CT molecular complexity index is 1100. The number of nitrogens with zero attached hydrogens (tertiary/aromatic N) is 4. The minimum atomic E-state index is -4.31. The van der Waals surface area contributed by atoms with Crippen molar-refractivity contribution in [2.75, 3.05) is 18.1 Å². The number of amides is 2. The van der Waals surface area contributed by atoms with Gasteiger partial charge < -0.3 is 15.7 Å². The average Bonchev–Trinajstić information content (AvgIpc) is 2.67. The van der Waals surface area contributed by atoms with Crippen LogP contribution in [-0.2, 0) is 14.6 Å². The third-order valence-corrected chi connectivity index (χ3v) is 5.55. The molecule has 1 aromatic carbocycles. The molecular weight excluding hydrogens is 407 g/mol. The second kappa shape index (κ2) is 8.25. The van der Waals surface area contributed by atoms with Gasteiger partial charge in [-0.05, 0) is 25.1 Å². The lowest BCUT2D eigenvalue weighted by molar-refractivity contribution is -0.130. The highest BCUT2D eigenvalue weighted by Crippen LogP contribution is 2.21. The molecule has 2 rings (SSSR count). The van der Waals surface area contributed by atoms with Crippen LogP contribution in [-0.4, -0.2) is 58.9 Å². The molecule has 1 aromatic heterocycles. The number of hydrogen-bond donors (Lipinski definition) is 3. The maximum Gasteiger partial charge on any atom is 0.258 e. The first-order valence-electron chi connectivity index (χ1n) is 7.88. The Balaban J connectivity index is 2.20. The lowest BCUT2D eigenvalue weighted by Gasteiger charge is -2.21. The molecule has 2 amide bonds. The van der Waals surface area contributed by atoms with Gasteiger partial charge in [-0.2, -0.15) is 5.26 Å². The number of aliphatic hydroxyl groups is 1. The minimum Gasteiger partial charge on any atom is -0.379 e. The lowest BCUT2D eigenvalue weighted by Crippen LogP contribution is -2.46. The maximum absolute atomic E-state index is 14.0. The zero-order chi connectivity index (χ0) is 21.8. The predicted octanol–water partition coefficient (Wildman–Crippen LogP) is -0.595. The van der Waals surface area contributed by atoms with E-state index in [0.29, 0.717) is 6.07 Å². The topological polar surface area (TPSA) is 175 Å². The highest BCUT2D eigenvalue weighted by Gasteiger charge is 2.37. The Morgan fingerprint density at radius 2 is 2.03 bits per heavy atom. The van der Waals surface area contributed by atoms with Crippen molar-refractivity contribution in [2.45, 2.75) is 17.4 Å². The highest BCUT2D eigenvalue weighted by molar-refractivity contribution is 7.91. The zero-order valence-corrected chi connectivity index (χ0v) is 16.0. The fraction of sp³-hybridized carbons (Fsp3) is 0.250. The van der Waals surface area contributed by atoms with Crippen molar-refractivity contribution in [3.8, 4) is 6.07 Å². The number of anilines is 1. The molecule has 0 aliphatic rings. The van der Waals surface area contributed by atoms with Gasteiger partial charge in [0.2, 0.25) is 0 Å². The van der Waals surface area contributed by atoms with Crippen LogP contribution >= 0.6 is 0 Å². The van der Waals surface area contributed by atoms with Gasteiger partial charge in [0, 0.05) is 7.05 Å². The molecule has 0 radical (unpaired) electrons. The number of carbonyl (C=O) groups is 2. The second-order valence-corrected chi connectivity index (χ2v) is 7.98. The van der Waals surface area contributed by atoms with Crippen molar-refractivity contribution in [1.29, 1.82) is 5.26 Å². The van der Waals surface area contributed by atoms with Gasteiger partial charge in [-0.1, -0.05) is 0 Å². The standard InChI is InChI=1S/C16H15FN6O5S/c1-16(26,15(25)21-13-7-20-12(6-18)22-23-13)8-29(27,28)9-3-4-10(11(17)5-9)14(24)19-2/h3-5,7,26H,8H2,1-2H3,(H,19,24)(H,21,23,25)/t16-/m0/s1. The smallest absolute Gasteiger partial charge is 0.258 e. The van der Waals surface area contributed by atoms with Crippen LogP contribution in [0.25, 0.3) is 0 Å². The van der Waals surface area contributed by atoms with Crippen LogP contribution in [0.3, 0.4) is 0 Å². The Labute approximate surface area is 164 Å². The summed E-state index contributed by atoms with van der Waals surface area (Å²) in [6.45, 7) is 0.944. The summed E-state index contributed by atoms with van der Waals surface area (Å²) in [6.07, 6.45) is 1.00. The van der Waals surface area contributed by atoms with Gasteiger partial charge in [0.15, 0.2) is 21.3 Å². The third kappa shape index (κ3) is 5.06. The van der Waals surface area contributed by atoms with Gasteiger partial charge in [0.1, 0.15) is 11.9 Å². The first-order valence-corrected chi connectivity index (χ1v) is 9.53. The summed E-state index contributed by atoms with van der Waals surface area (Å²) in [7, 11) is -3.03. The Morgan fingerprint density at radius 3 is 2.55 bits per heavy atom. The number of carbonyl (C=O) groups excluding carboxylic acids is 2. The molecule has 3 N–H and O–H groups in total. The van der Waals surface area contributed by atoms with E-state index in [1.54, 1.807) is 6.07 Å². The highest BCUT2D eigenvalue weighted by atomic mass is 32.2. The van der Waals surface area contributed by atoms with Crippen LogP contribution in [0.1, 0.15) is 23.1 Å². The first-order chi connectivity index (χ1) is 13.5. The Hall–Kier alpha value is -3.50. The number of rotatable bonds is 6. The van der Waals surface area contributed by atoms with Crippen molar-refractivity contribution in [3.63, 3.8) is 0 Å². The van der Waals surface area contributed by atoms with Gasteiger partial charge in [-0.25, -0.2) is 17.8 Å². The summed E-state index contributed by atoms with van der Waals surface area (Å²) in [5.41, 5.74) is -2.78. The lowest BCUT2D eigenvalue weighted by atomic mass is 10.1. The SMILES string of the molecule is CNC(=O)c1ccc(S(=O)(=O)C[C@](C)(O)C(=O)Nc2cnc(C#N)nn2)cc1F. The number of hydrogen-bond acceptors (Lipinski definition) is 9. The van der Waals surface area contributed by atoms with Crippen LogP contribution in [0.15, 0.2) is 29.3 Å². The Morgan fingerprint density at radius 1 is 1.34 bits per heavy atom. The van der Waals surface area contributed by atoms with E-state index in [1.807, 2.05) is 0 Å². The summed E-state index contributed by atoms with van der Waals surface area (Å²) in [6, 6.07) is 4.23. The molecule has 0 fully saturated rings. The molecule has 0 saturated carbocycles. The van der Waals surface area contributed by atoms with E-state index in [2.05, 4.69) is 25.8 Å². The number of halogens is 1. The van der Waals surface area contributed by atoms with Crippen LogP contribution in [0.4, 0.5) is 10.2 Å². The fourth-order valence-corrected chi connectivity index (χ4v) is 3.76. The summed E-state index contributed by atoms with van der Waals surface area (Å²) >= 11 is 0. The van der Waals surface area contributed by atoms with E-state index in [4.69, 9.17) is 5.26 Å². The number of nitrogens with one attached hydrogen (secondary N) is 2. The Kier molecular flexibility index (Phi) is 6.20. The summed E-state index contributed by atoms with van der Waals surface area (Å²) < 4.78 is 39.1. The van der Waals surface area contributed by atoms with Crippen molar-refractivity contribution >= 4 is 27.5 Å². The fourth-order valence-electron chi connectivity index (χ4n) is 2.16. The van der Waals surface area contributed by atoms with E-state index < -0.39 is 43.7 Å². The summed E-state index contributed by atoms with van der Waals surface area (Å²) in [4.78, 5) is 26.8. The predicted molar refractivity (Wildman–Crippen MR) is 95.6 cm³/mol. The van der Waals surface area contributed by atoms with Gasteiger partial charge >= 0.3 is 0 Å². The first kappa shape index (κ1) is 21.8. The van der Waals surface area contributed by atoms with Crippen molar-refractivity contribution in [3.05, 3.63) is 41.6 Å². The molecule has 0 unspecified atom stereocenters. The van der Waals surface area contributed by atoms with E-state index in [9.17, 15) is 27.5 Å². The molecule has 0 spiro atoms. The molecule has 13 heteroatoms. The zero-order valence-electron chi connectivity index (χ0n) is 15.2. The molecule has 0 aliphatic carbocycles. The van der Waals surface area contributed by atoms with Gasteiger partial charge in [0.25, 0.3) is 17.6 Å². The molecule has 11 nitrogen and oxygen atoms in total. The van der Waals surface area contributed by atoms with Gasteiger partial charge in [-0.3, -0.25) is 9.59 Å². The molecule has 1 atom stereocenters. The molecule has 2 aromatic rings. The van der Waals surface area contributed by atoms with Crippen LogP contribution < -0.4 is 10.6 Å². The van der Waals surface area contributed by atoms with Gasteiger partial charge in [-0.15, -0.1) is 10.2 Å². The summed E-state index contributed by atoms with van der Waals surface area (Å²) in [5.74, 6) is -4.50. The second-order valence-electron chi connectivity index (χ2n) is 5.99. The van der Waals surface area contributed by atoms with Crippen molar-refractivity contribution in [1.82, 2.24) is 20.5 Å². The molecule has 0 aliphatic heterocycles. The van der Waals surface area contributed by atoms with E-state index in [1.165, 1.54) is 7.05 Å². The molecule has 1 heterocycles. The van der Waals surface area contributed by atoms with Gasteiger partial charge in [0.05, 0.1) is 22.4 Å². The van der Waals surface area contributed by atoms with E-state index in [0.717, 1.165) is 25.3 Å². The van der Waals surface area contributed by atoms with E-state index >= 15 is 0 Å². The summed E-state index contributed by atoms with van der Waals surface area (Å²) in [5, 5.41) is 30.1. The van der Waals surface area contributed by atoms with Crippen molar-refractivity contribution in [2.24, 2.45) is 0 Å². The number of aromatic nitrogens is 3. The van der Waals surface area contributed by atoms with E-state index in [-0.39, 0.29) is 17.2 Å². The normalized spacial score (nSPS) is 13.1. The van der Waals surface area contributed by atoms with Crippen LogP contribution in [0.5, 0.6) is 0 Å². The molecule has 0 bridgehead atoms. The monoisotopic (exact) mass is 422 g/mol. The third-order valence-electron chi connectivity index (χ3n) is 3.63. The quantitative estimate of drug-likeness (QED) is 0.549. The van der Waals surface area contributed by atoms with Crippen molar-refractivity contribution < 1.29 is 27.5 Å². The molecule has 152 valence electrons. The average molecular weight is 422 g/mol. The minimum absolute atomic E-state index is 0.215. The number of sulfone groups is 1. The molecule has 29 heavy (non-hydrogen) atoms.